The van der Waals surface area contributed by atoms with Crippen LogP contribution >= 0.6 is 0 Å². The van der Waals surface area contributed by atoms with Crippen molar-refractivity contribution in [1.29, 1.82) is 15.8 Å². The van der Waals surface area contributed by atoms with Crippen LogP contribution in [0.3, 0.4) is 0 Å². The molecular formula is C9H12N6. The second kappa shape index (κ2) is 5.95. The van der Waals surface area contributed by atoms with Crippen LogP contribution in [-0.4, -0.2) is 54.3 Å². The molecule has 6 heteroatoms. The van der Waals surface area contributed by atoms with Gasteiger partial charge < -0.3 is 0 Å². The number of rotatable bonds is 3. The second-order valence-corrected chi connectivity index (χ2v) is 3.39. The largest absolute Gasteiger partial charge is 0.264 e. The van der Waals surface area contributed by atoms with Crippen molar-refractivity contribution < 1.29 is 0 Å². The van der Waals surface area contributed by atoms with E-state index in [9.17, 15) is 0 Å². The molecule has 0 spiro atoms. The van der Waals surface area contributed by atoms with E-state index in [4.69, 9.17) is 15.8 Å². The summed E-state index contributed by atoms with van der Waals surface area (Å²) in [4.78, 5) is 5.70. The molecule has 0 aromatic carbocycles. The molecule has 78 valence electrons. The number of nitriles is 3. The van der Waals surface area contributed by atoms with Gasteiger partial charge in [0.2, 0.25) is 0 Å². The van der Waals surface area contributed by atoms with Gasteiger partial charge in [0.05, 0.1) is 57.8 Å². The normalized spacial score (nSPS) is 19.0. The topological polar surface area (TPSA) is 81.1 Å². The Balaban J connectivity index is 2.54. The van der Waals surface area contributed by atoms with Crippen LogP contribution in [0.1, 0.15) is 0 Å². The summed E-state index contributed by atoms with van der Waals surface area (Å²) in [5, 5.41) is 25.8. The summed E-state index contributed by atoms with van der Waals surface area (Å²) in [7, 11) is 0. The zero-order chi connectivity index (χ0) is 11.1. The van der Waals surface area contributed by atoms with E-state index in [0.29, 0.717) is 39.6 Å². The summed E-state index contributed by atoms with van der Waals surface area (Å²) in [6.07, 6.45) is 0. The van der Waals surface area contributed by atoms with Gasteiger partial charge in [0.1, 0.15) is 0 Å². The van der Waals surface area contributed by atoms with Crippen LogP contribution in [0.25, 0.3) is 0 Å². The SMILES string of the molecule is N#CCN1CN(CC#N)CN(CC#N)C1. The van der Waals surface area contributed by atoms with Gasteiger partial charge in [0.15, 0.2) is 0 Å². The molecule has 0 aliphatic carbocycles. The van der Waals surface area contributed by atoms with E-state index in [2.05, 4.69) is 18.2 Å². The number of hydrogen-bond donors (Lipinski definition) is 0. The highest BCUT2D eigenvalue weighted by Gasteiger charge is 2.22. The molecule has 0 bridgehead atoms. The monoisotopic (exact) mass is 204 g/mol. The Morgan fingerprint density at radius 1 is 0.667 bits per heavy atom. The van der Waals surface area contributed by atoms with Gasteiger partial charge in [0.25, 0.3) is 0 Å². The molecule has 1 heterocycles. The molecule has 6 nitrogen and oxygen atoms in total. The van der Waals surface area contributed by atoms with Crippen molar-refractivity contribution in [2.75, 3.05) is 39.6 Å². The van der Waals surface area contributed by atoms with Gasteiger partial charge in [-0.1, -0.05) is 0 Å². The Morgan fingerprint density at radius 3 is 1.13 bits per heavy atom. The number of nitrogens with zero attached hydrogens (tertiary/aromatic N) is 6. The molecule has 0 aromatic heterocycles. The van der Waals surface area contributed by atoms with Crippen molar-refractivity contribution in [3.8, 4) is 18.2 Å². The Labute approximate surface area is 89.1 Å². The standard InChI is InChI=1S/C9H12N6/c10-1-4-13-7-14(5-2-11)9-15(8-13)6-3-12/h4-9H2. The Hall–Kier alpha value is -1.65. The molecule has 1 aliphatic rings. The Kier molecular flexibility index (Phi) is 4.53. The molecule has 1 fully saturated rings. The first-order chi connectivity index (χ1) is 7.30. The predicted octanol–water partition coefficient (Wildman–Crippen LogP) is -0.651. The van der Waals surface area contributed by atoms with Crippen molar-refractivity contribution in [1.82, 2.24) is 14.7 Å². The van der Waals surface area contributed by atoms with Crippen molar-refractivity contribution in [3.05, 3.63) is 0 Å². The molecule has 0 radical (unpaired) electrons. The van der Waals surface area contributed by atoms with Gasteiger partial charge in [-0.2, -0.15) is 15.8 Å². The molecule has 0 aromatic rings. The minimum Gasteiger partial charge on any atom is -0.264 e. The van der Waals surface area contributed by atoms with Crippen molar-refractivity contribution in [2.24, 2.45) is 0 Å². The van der Waals surface area contributed by atoms with Gasteiger partial charge >= 0.3 is 0 Å². The van der Waals surface area contributed by atoms with Crippen LogP contribution in [0.4, 0.5) is 0 Å². The van der Waals surface area contributed by atoms with E-state index in [1.165, 1.54) is 0 Å². The van der Waals surface area contributed by atoms with Crippen LogP contribution in [0.5, 0.6) is 0 Å². The van der Waals surface area contributed by atoms with Gasteiger partial charge in [-0.15, -0.1) is 0 Å². The quantitative estimate of drug-likeness (QED) is 0.568. The lowest BCUT2D eigenvalue weighted by atomic mass is 10.4. The summed E-state index contributed by atoms with van der Waals surface area (Å²) >= 11 is 0. The molecular weight excluding hydrogens is 192 g/mol. The summed E-state index contributed by atoms with van der Waals surface area (Å²) < 4.78 is 0. The van der Waals surface area contributed by atoms with Crippen LogP contribution in [0.15, 0.2) is 0 Å². The van der Waals surface area contributed by atoms with Crippen molar-refractivity contribution in [3.63, 3.8) is 0 Å². The fourth-order valence-corrected chi connectivity index (χ4v) is 1.58. The molecule has 1 aliphatic heterocycles. The van der Waals surface area contributed by atoms with Crippen molar-refractivity contribution >= 4 is 0 Å². The lowest BCUT2D eigenvalue weighted by molar-refractivity contribution is -0.00864. The highest BCUT2D eigenvalue weighted by atomic mass is 15.5. The van der Waals surface area contributed by atoms with E-state index in [0.717, 1.165) is 0 Å². The van der Waals surface area contributed by atoms with Gasteiger partial charge in [-0.3, -0.25) is 14.7 Å². The first-order valence-corrected chi connectivity index (χ1v) is 4.58. The third-order valence-electron chi connectivity index (χ3n) is 2.08. The second-order valence-electron chi connectivity index (χ2n) is 3.39. The minimum absolute atomic E-state index is 0.323. The van der Waals surface area contributed by atoms with E-state index in [1.54, 1.807) is 0 Å². The molecule has 15 heavy (non-hydrogen) atoms. The maximum atomic E-state index is 8.59. The first-order valence-electron chi connectivity index (χ1n) is 4.58. The number of hydrogen-bond acceptors (Lipinski definition) is 6. The molecule has 0 unspecified atom stereocenters. The molecule has 0 N–H and O–H groups in total. The first kappa shape index (κ1) is 11.4. The summed E-state index contributed by atoms with van der Waals surface area (Å²) in [6.45, 7) is 2.81. The molecule has 0 atom stereocenters. The van der Waals surface area contributed by atoms with Gasteiger partial charge in [-0.25, -0.2) is 0 Å². The molecule has 0 saturated carbocycles. The van der Waals surface area contributed by atoms with E-state index in [1.807, 2.05) is 14.7 Å². The minimum atomic E-state index is 0.323. The van der Waals surface area contributed by atoms with E-state index in [-0.39, 0.29) is 0 Å². The average Bonchev–Trinajstić information content (AvgIpc) is 2.19. The maximum absolute atomic E-state index is 8.59. The predicted molar refractivity (Wildman–Crippen MR) is 51.6 cm³/mol. The summed E-state index contributed by atoms with van der Waals surface area (Å²) in [5.41, 5.74) is 0. The lowest BCUT2D eigenvalue weighted by Crippen LogP contribution is -2.54. The average molecular weight is 204 g/mol. The van der Waals surface area contributed by atoms with Crippen LogP contribution in [-0.2, 0) is 0 Å². The zero-order valence-corrected chi connectivity index (χ0v) is 8.43. The summed E-state index contributed by atoms with van der Waals surface area (Å²) in [6, 6.07) is 6.21. The highest BCUT2D eigenvalue weighted by Crippen LogP contribution is 2.05. The Morgan fingerprint density at radius 2 is 0.933 bits per heavy atom. The third kappa shape index (κ3) is 3.53. The smallest absolute Gasteiger partial charge is 0.0886 e. The molecule has 1 saturated heterocycles. The fourth-order valence-electron chi connectivity index (χ4n) is 1.58. The lowest BCUT2D eigenvalue weighted by Gasteiger charge is -2.39. The highest BCUT2D eigenvalue weighted by molar-refractivity contribution is 4.85. The summed E-state index contributed by atoms with van der Waals surface area (Å²) in [5.74, 6) is 0. The van der Waals surface area contributed by atoms with Crippen LogP contribution in [0, 0.1) is 34.0 Å². The molecule has 0 amide bonds. The van der Waals surface area contributed by atoms with Crippen LogP contribution in [0.2, 0.25) is 0 Å². The Bertz CT molecular complexity index is 261. The molecule has 1 rings (SSSR count). The maximum Gasteiger partial charge on any atom is 0.0886 e. The van der Waals surface area contributed by atoms with E-state index < -0.39 is 0 Å². The van der Waals surface area contributed by atoms with Gasteiger partial charge in [0, 0.05) is 0 Å². The van der Waals surface area contributed by atoms with E-state index >= 15 is 0 Å². The van der Waals surface area contributed by atoms with Crippen LogP contribution < -0.4 is 0 Å². The fraction of sp³-hybridized carbons (Fsp3) is 0.667. The van der Waals surface area contributed by atoms with Gasteiger partial charge in [-0.05, 0) is 0 Å². The zero-order valence-electron chi connectivity index (χ0n) is 8.43. The van der Waals surface area contributed by atoms with Crippen molar-refractivity contribution in [2.45, 2.75) is 0 Å². The third-order valence-corrected chi connectivity index (χ3v) is 2.08.